The van der Waals surface area contributed by atoms with Gasteiger partial charge in [0, 0.05) is 16.5 Å². The monoisotopic (exact) mass is 465 g/mol. The lowest BCUT2D eigenvalue weighted by atomic mass is 10.0. The van der Waals surface area contributed by atoms with Crippen LogP contribution >= 0.6 is 23.6 Å². The molecule has 0 aliphatic heterocycles. The fourth-order valence-electron chi connectivity index (χ4n) is 3.56. The molecule has 0 unspecified atom stereocenters. The molecule has 4 aromatic carbocycles. The van der Waals surface area contributed by atoms with Gasteiger partial charge >= 0.3 is 0 Å². The first-order chi connectivity index (χ1) is 16.2. The van der Waals surface area contributed by atoms with Gasteiger partial charge in [0.2, 0.25) is 0 Å². The second kappa shape index (κ2) is 9.32. The van der Waals surface area contributed by atoms with E-state index in [1.54, 1.807) is 12.1 Å². The Hall–Kier alpha value is -3.87. The molecule has 2 N–H and O–H groups in total. The van der Waals surface area contributed by atoms with E-state index in [0.29, 0.717) is 10.7 Å². The SMILES string of the molecule is O=C(NC(=S)Nc1nc(-c2ccc3ccccc3c2)cs1)c1ccc(-c2ccccc2)cc1. The molecule has 1 heterocycles. The van der Waals surface area contributed by atoms with Gasteiger partial charge in [-0.3, -0.25) is 10.1 Å². The molecule has 1 amide bonds. The summed E-state index contributed by atoms with van der Waals surface area (Å²) in [5, 5.41) is 10.9. The fraction of sp³-hybridized carbons (Fsp3) is 0. The number of hydrogen-bond donors (Lipinski definition) is 2. The number of fused-ring (bicyclic) bond motifs is 1. The summed E-state index contributed by atoms with van der Waals surface area (Å²) >= 11 is 6.77. The van der Waals surface area contributed by atoms with Crippen LogP contribution in [0.25, 0.3) is 33.2 Å². The molecule has 6 heteroatoms. The van der Waals surface area contributed by atoms with Gasteiger partial charge in [0.05, 0.1) is 5.69 Å². The number of carbonyl (C=O) groups is 1. The molecule has 5 rings (SSSR count). The van der Waals surface area contributed by atoms with E-state index in [1.807, 2.05) is 60.0 Å². The molecular formula is C27H19N3OS2. The maximum atomic E-state index is 12.6. The third-order valence-electron chi connectivity index (χ3n) is 5.25. The summed E-state index contributed by atoms with van der Waals surface area (Å²) in [5.74, 6) is -0.265. The first kappa shape index (κ1) is 21.0. The van der Waals surface area contributed by atoms with Crippen molar-refractivity contribution in [3.05, 3.63) is 108 Å². The summed E-state index contributed by atoms with van der Waals surface area (Å²) in [6.45, 7) is 0. The summed E-state index contributed by atoms with van der Waals surface area (Å²) < 4.78 is 0. The second-order valence-electron chi connectivity index (χ2n) is 7.45. The first-order valence-electron chi connectivity index (χ1n) is 10.4. The van der Waals surface area contributed by atoms with Crippen LogP contribution in [0.3, 0.4) is 0 Å². The molecule has 4 nitrogen and oxygen atoms in total. The predicted octanol–water partition coefficient (Wildman–Crippen LogP) is 6.76. The molecule has 0 atom stereocenters. The molecule has 1 aromatic heterocycles. The molecule has 5 aromatic rings. The van der Waals surface area contributed by atoms with Gasteiger partial charge in [-0.25, -0.2) is 4.98 Å². The van der Waals surface area contributed by atoms with Gasteiger partial charge in [-0.15, -0.1) is 11.3 Å². The molecule has 160 valence electrons. The average molecular weight is 466 g/mol. The van der Waals surface area contributed by atoms with Gasteiger partial charge in [-0.1, -0.05) is 78.9 Å². The highest BCUT2D eigenvalue weighted by Gasteiger charge is 2.11. The van der Waals surface area contributed by atoms with Gasteiger partial charge in [0.15, 0.2) is 10.2 Å². The van der Waals surface area contributed by atoms with Crippen molar-refractivity contribution < 1.29 is 4.79 Å². The van der Waals surface area contributed by atoms with Crippen molar-refractivity contribution in [3.63, 3.8) is 0 Å². The number of rotatable bonds is 4. The summed E-state index contributed by atoms with van der Waals surface area (Å²) in [6.07, 6.45) is 0. The van der Waals surface area contributed by atoms with Crippen LogP contribution in [0.15, 0.2) is 102 Å². The minimum Gasteiger partial charge on any atom is -0.308 e. The number of amides is 1. The first-order valence-corrected chi connectivity index (χ1v) is 11.7. The fourth-order valence-corrected chi connectivity index (χ4v) is 4.54. The number of benzene rings is 4. The van der Waals surface area contributed by atoms with Crippen molar-refractivity contribution in [1.82, 2.24) is 10.3 Å². The lowest BCUT2D eigenvalue weighted by Crippen LogP contribution is -2.34. The quantitative estimate of drug-likeness (QED) is 0.288. The summed E-state index contributed by atoms with van der Waals surface area (Å²) in [7, 11) is 0. The van der Waals surface area contributed by atoms with Crippen molar-refractivity contribution >= 4 is 50.5 Å². The van der Waals surface area contributed by atoms with Gasteiger partial charge < -0.3 is 5.32 Å². The van der Waals surface area contributed by atoms with E-state index >= 15 is 0 Å². The minimum atomic E-state index is -0.265. The lowest BCUT2D eigenvalue weighted by Gasteiger charge is -2.08. The van der Waals surface area contributed by atoms with Crippen LogP contribution in [0.5, 0.6) is 0 Å². The molecule has 0 aliphatic carbocycles. The number of nitrogens with one attached hydrogen (secondary N) is 2. The highest BCUT2D eigenvalue weighted by atomic mass is 32.1. The molecule has 0 radical (unpaired) electrons. The standard InChI is InChI=1S/C27H19N3OS2/c31-25(21-13-10-20(11-14-21)18-6-2-1-3-7-18)29-26(32)30-27-28-24(17-33-27)23-15-12-19-8-4-5-9-22(19)16-23/h1-17H,(H2,28,29,30,31,32). The van der Waals surface area contributed by atoms with E-state index in [1.165, 1.54) is 22.1 Å². The van der Waals surface area contributed by atoms with E-state index in [2.05, 4.69) is 45.9 Å². The Morgan fingerprint density at radius 3 is 2.21 bits per heavy atom. The van der Waals surface area contributed by atoms with E-state index in [4.69, 9.17) is 12.2 Å². The second-order valence-corrected chi connectivity index (χ2v) is 8.72. The Morgan fingerprint density at radius 1 is 0.758 bits per heavy atom. The molecule has 0 bridgehead atoms. The van der Waals surface area contributed by atoms with E-state index < -0.39 is 0 Å². The number of thiazole rings is 1. The Kier molecular flexibility index (Phi) is 5.93. The molecular weight excluding hydrogens is 446 g/mol. The zero-order valence-electron chi connectivity index (χ0n) is 17.5. The van der Waals surface area contributed by atoms with Crippen LogP contribution in [0.2, 0.25) is 0 Å². The van der Waals surface area contributed by atoms with Gasteiger partial charge in [-0.2, -0.15) is 0 Å². The van der Waals surface area contributed by atoms with Crippen LogP contribution in [0.4, 0.5) is 5.13 Å². The number of aromatic nitrogens is 1. The number of carbonyl (C=O) groups excluding carboxylic acids is 1. The third kappa shape index (κ3) is 4.82. The predicted molar refractivity (Wildman–Crippen MR) is 141 cm³/mol. The van der Waals surface area contributed by atoms with Crippen LogP contribution in [-0.2, 0) is 0 Å². The van der Waals surface area contributed by atoms with Crippen molar-refractivity contribution in [3.8, 4) is 22.4 Å². The van der Waals surface area contributed by atoms with Crippen LogP contribution in [0, 0.1) is 0 Å². The maximum Gasteiger partial charge on any atom is 0.257 e. The van der Waals surface area contributed by atoms with Gasteiger partial charge in [-0.05, 0) is 52.3 Å². The lowest BCUT2D eigenvalue weighted by molar-refractivity contribution is 0.0978. The van der Waals surface area contributed by atoms with Gasteiger partial charge in [0.25, 0.3) is 5.91 Å². The average Bonchev–Trinajstić information content (AvgIpc) is 3.32. The zero-order chi connectivity index (χ0) is 22.6. The summed E-state index contributed by atoms with van der Waals surface area (Å²) in [5.41, 5.74) is 4.59. The highest BCUT2D eigenvalue weighted by Crippen LogP contribution is 2.27. The zero-order valence-corrected chi connectivity index (χ0v) is 19.1. The highest BCUT2D eigenvalue weighted by molar-refractivity contribution is 7.80. The normalized spacial score (nSPS) is 10.7. The molecule has 0 saturated heterocycles. The van der Waals surface area contributed by atoms with Crippen LogP contribution < -0.4 is 10.6 Å². The van der Waals surface area contributed by atoms with Crippen molar-refractivity contribution in [1.29, 1.82) is 0 Å². The van der Waals surface area contributed by atoms with Crippen LogP contribution in [0.1, 0.15) is 10.4 Å². The third-order valence-corrected chi connectivity index (χ3v) is 6.21. The Labute approximate surface area is 200 Å². The largest absolute Gasteiger partial charge is 0.308 e. The molecule has 0 fully saturated rings. The van der Waals surface area contributed by atoms with E-state index in [-0.39, 0.29) is 11.0 Å². The number of nitrogens with zero attached hydrogens (tertiary/aromatic N) is 1. The van der Waals surface area contributed by atoms with Crippen molar-refractivity contribution in [2.24, 2.45) is 0 Å². The van der Waals surface area contributed by atoms with E-state index in [9.17, 15) is 4.79 Å². The van der Waals surface area contributed by atoms with Crippen molar-refractivity contribution in [2.75, 3.05) is 5.32 Å². The Balaban J connectivity index is 1.23. The smallest absolute Gasteiger partial charge is 0.257 e. The molecule has 0 spiro atoms. The molecule has 0 aliphatic rings. The number of anilines is 1. The topological polar surface area (TPSA) is 54.0 Å². The minimum absolute atomic E-state index is 0.214. The Bertz CT molecular complexity index is 1440. The summed E-state index contributed by atoms with van der Waals surface area (Å²) in [6, 6.07) is 32.0. The number of hydrogen-bond acceptors (Lipinski definition) is 4. The Morgan fingerprint density at radius 2 is 1.42 bits per heavy atom. The maximum absolute atomic E-state index is 12.6. The van der Waals surface area contributed by atoms with Crippen molar-refractivity contribution in [2.45, 2.75) is 0 Å². The van der Waals surface area contributed by atoms with Gasteiger partial charge in [0.1, 0.15) is 0 Å². The summed E-state index contributed by atoms with van der Waals surface area (Å²) in [4.78, 5) is 17.2. The van der Waals surface area contributed by atoms with Crippen LogP contribution in [-0.4, -0.2) is 16.0 Å². The number of thiocarbonyl (C=S) groups is 1. The molecule has 33 heavy (non-hydrogen) atoms. The van der Waals surface area contributed by atoms with E-state index in [0.717, 1.165) is 22.4 Å². The molecule has 0 saturated carbocycles.